The van der Waals surface area contributed by atoms with Crippen LogP contribution >= 0.6 is 11.8 Å². The van der Waals surface area contributed by atoms with Gasteiger partial charge in [-0.15, -0.1) is 5.10 Å². The lowest BCUT2D eigenvalue weighted by Crippen LogP contribution is -2.08. The molecule has 0 spiro atoms. The van der Waals surface area contributed by atoms with Crippen LogP contribution in [0.2, 0.25) is 0 Å². The van der Waals surface area contributed by atoms with Crippen molar-refractivity contribution in [2.24, 2.45) is 15.9 Å². The molecule has 0 atom stereocenters. The van der Waals surface area contributed by atoms with Gasteiger partial charge in [-0.25, -0.2) is 0 Å². The third-order valence-electron chi connectivity index (χ3n) is 1.98. The average Bonchev–Trinajstić information content (AvgIpc) is 2.29. The maximum atomic E-state index is 5.49. The molecule has 1 aromatic carbocycles. The van der Waals surface area contributed by atoms with Gasteiger partial charge in [0.1, 0.15) is 0 Å². The predicted molar refractivity (Wildman–Crippen MR) is 73.5 cm³/mol. The fraction of sp³-hybridized carbons (Fsp3) is 0.273. The maximum Gasteiger partial charge on any atom is 0.180 e. The van der Waals surface area contributed by atoms with E-state index in [4.69, 9.17) is 5.73 Å². The Hall–Kier alpha value is -1.49. The molecule has 0 aliphatic heterocycles. The Labute approximate surface area is 100 Å². The van der Waals surface area contributed by atoms with E-state index >= 15 is 0 Å². The Morgan fingerprint density at radius 1 is 1.31 bits per heavy atom. The van der Waals surface area contributed by atoms with Crippen LogP contribution in [-0.4, -0.2) is 31.7 Å². The van der Waals surface area contributed by atoms with E-state index in [0.717, 1.165) is 11.3 Å². The highest BCUT2D eigenvalue weighted by molar-refractivity contribution is 8.13. The number of thioether (sulfide) groups is 1. The zero-order chi connectivity index (χ0) is 12.0. The average molecular weight is 236 g/mol. The lowest BCUT2D eigenvalue weighted by Gasteiger charge is -2.11. The van der Waals surface area contributed by atoms with Crippen molar-refractivity contribution in [1.82, 2.24) is 0 Å². The van der Waals surface area contributed by atoms with E-state index < -0.39 is 0 Å². The van der Waals surface area contributed by atoms with Crippen molar-refractivity contribution in [3.8, 4) is 0 Å². The van der Waals surface area contributed by atoms with Gasteiger partial charge in [0.15, 0.2) is 5.17 Å². The Bertz CT molecular complexity index is 381. The van der Waals surface area contributed by atoms with Crippen LogP contribution < -0.4 is 10.6 Å². The molecular weight excluding hydrogens is 220 g/mol. The van der Waals surface area contributed by atoms with Crippen LogP contribution in [0.4, 0.5) is 5.69 Å². The molecule has 16 heavy (non-hydrogen) atoms. The fourth-order valence-corrected chi connectivity index (χ4v) is 1.18. The van der Waals surface area contributed by atoms with E-state index in [-0.39, 0.29) is 0 Å². The Kier molecular flexibility index (Phi) is 4.85. The molecule has 0 aromatic heterocycles. The summed E-state index contributed by atoms with van der Waals surface area (Å²) in [5, 5.41) is 8.16. The molecule has 1 rings (SSSR count). The molecule has 0 radical (unpaired) electrons. The zero-order valence-electron chi connectivity index (χ0n) is 9.71. The fourth-order valence-electron chi connectivity index (χ4n) is 1.05. The highest BCUT2D eigenvalue weighted by atomic mass is 32.2. The van der Waals surface area contributed by atoms with Gasteiger partial charge in [0, 0.05) is 19.8 Å². The zero-order valence-corrected chi connectivity index (χ0v) is 10.5. The van der Waals surface area contributed by atoms with E-state index in [1.165, 1.54) is 11.8 Å². The molecule has 0 fully saturated rings. The molecule has 2 N–H and O–H groups in total. The monoisotopic (exact) mass is 236 g/mol. The van der Waals surface area contributed by atoms with Gasteiger partial charge in [0.2, 0.25) is 0 Å². The molecule has 86 valence electrons. The molecule has 1 aromatic rings. The molecule has 0 aliphatic rings. The summed E-state index contributed by atoms with van der Waals surface area (Å²) in [4.78, 5) is 2.05. The molecule has 0 unspecified atom stereocenters. The summed E-state index contributed by atoms with van der Waals surface area (Å²) in [6.45, 7) is 0. The second-order valence-electron chi connectivity index (χ2n) is 3.37. The van der Waals surface area contributed by atoms with Gasteiger partial charge in [-0.05, 0) is 24.0 Å². The SMILES string of the molecule is CS/C(N)=N/N=C/c1ccc(N(C)C)cc1. The van der Waals surface area contributed by atoms with Crippen molar-refractivity contribution in [2.45, 2.75) is 0 Å². The number of benzene rings is 1. The van der Waals surface area contributed by atoms with Crippen LogP contribution in [0, 0.1) is 0 Å². The van der Waals surface area contributed by atoms with Gasteiger partial charge in [0.05, 0.1) is 6.21 Å². The number of rotatable bonds is 3. The third-order valence-corrected chi connectivity index (χ3v) is 2.48. The number of nitrogens with zero attached hydrogens (tertiary/aromatic N) is 3. The summed E-state index contributed by atoms with van der Waals surface area (Å²) < 4.78 is 0. The van der Waals surface area contributed by atoms with E-state index in [9.17, 15) is 0 Å². The number of hydrogen-bond acceptors (Lipinski definition) is 4. The number of hydrogen-bond donors (Lipinski definition) is 1. The van der Waals surface area contributed by atoms with E-state index in [1.807, 2.05) is 49.5 Å². The summed E-state index contributed by atoms with van der Waals surface area (Å²) in [6.07, 6.45) is 3.54. The van der Waals surface area contributed by atoms with Crippen LogP contribution in [-0.2, 0) is 0 Å². The van der Waals surface area contributed by atoms with Gasteiger partial charge >= 0.3 is 0 Å². The number of amidine groups is 1. The quantitative estimate of drug-likeness (QED) is 0.494. The minimum Gasteiger partial charge on any atom is -0.378 e. The molecule has 5 heteroatoms. The summed E-state index contributed by atoms with van der Waals surface area (Å²) in [7, 11) is 4.01. The van der Waals surface area contributed by atoms with Crippen molar-refractivity contribution >= 4 is 28.8 Å². The van der Waals surface area contributed by atoms with Crippen molar-refractivity contribution in [3.63, 3.8) is 0 Å². The number of nitrogens with two attached hydrogens (primary N) is 1. The molecule has 4 nitrogen and oxygen atoms in total. The molecule has 0 amide bonds. The van der Waals surface area contributed by atoms with Crippen LogP contribution in [0.1, 0.15) is 5.56 Å². The summed E-state index contributed by atoms with van der Waals surface area (Å²) >= 11 is 1.37. The molecule has 0 saturated carbocycles. The minimum absolute atomic E-state index is 0.459. The first-order valence-electron chi connectivity index (χ1n) is 4.81. The molecule has 0 bridgehead atoms. The van der Waals surface area contributed by atoms with Crippen LogP contribution in [0.3, 0.4) is 0 Å². The largest absolute Gasteiger partial charge is 0.378 e. The summed E-state index contributed by atoms with van der Waals surface area (Å²) in [6, 6.07) is 8.04. The first kappa shape index (κ1) is 12.6. The van der Waals surface area contributed by atoms with Crippen molar-refractivity contribution in [3.05, 3.63) is 29.8 Å². The Morgan fingerprint density at radius 3 is 2.44 bits per heavy atom. The van der Waals surface area contributed by atoms with E-state index in [2.05, 4.69) is 10.2 Å². The van der Waals surface area contributed by atoms with Gasteiger partial charge in [0.25, 0.3) is 0 Å². The van der Waals surface area contributed by atoms with E-state index in [1.54, 1.807) is 6.21 Å². The second-order valence-corrected chi connectivity index (χ2v) is 4.20. The predicted octanol–water partition coefficient (Wildman–Crippen LogP) is 1.76. The standard InChI is InChI=1S/C11H16N4S/c1-15(2)10-6-4-9(5-7-10)8-13-14-11(12)16-3/h4-8H,1-3H3,(H2,12,14)/b13-8+. The van der Waals surface area contributed by atoms with Crippen molar-refractivity contribution < 1.29 is 0 Å². The van der Waals surface area contributed by atoms with Gasteiger partial charge < -0.3 is 10.6 Å². The lowest BCUT2D eigenvalue weighted by atomic mass is 10.2. The summed E-state index contributed by atoms with van der Waals surface area (Å²) in [5.74, 6) is 0. The van der Waals surface area contributed by atoms with Crippen LogP contribution in [0.15, 0.2) is 34.5 Å². The van der Waals surface area contributed by atoms with Gasteiger partial charge in [-0.3, -0.25) is 0 Å². The van der Waals surface area contributed by atoms with Crippen molar-refractivity contribution in [1.29, 1.82) is 0 Å². The smallest absolute Gasteiger partial charge is 0.180 e. The first-order chi connectivity index (χ1) is 7.63. The molecule has 0 heterocycles. The van der Waals surface area contributed by atoms with E-state index in [0.29, 0.717) is 5.17 Å². The topological polar surface area (TPSA) is 54.0 Å². The highest BCUT2D eigenvalue weighted by Gasteiger charge is 1.93. The minimum atomic E-state index is 0.459. The van der Waals surface area contributed by atoms with Gasteiger partial charge in [-0.1, -0.05) is 23.9 Å². The number of anilines is 1. The Balaban J connectivity index is 2.69. The second kappa shape index (κ2) is 6.17. The molecule has 0 aliphatic carbocycles. The molecule has 0 saturated heterocycles. The lowest BCUT2D eigenvalue weighted by molar-refractivity contribution is 1.13. The highest BCUT2D eigenvalue weighted by Crippen LogP contribution is 2.10. The Morgan fingerprint density at radius 2 is 1.94 bits per heavy atom. The van der Waals surface area contributed by atoms with Crippen LogP contribution in [0.25, 0.3) is 0 Å². The summed E-state index contributed by atoms with van der Waals surface area (Å²) in [5.41, 5.74) is 7.65. The molecular formula is C11H16N4S. The first-order valence-corrected chi connectivity index (χ1v) is 6.04. The van der Waals surface area contributed by atoms with Crippen LogP contribution in [0.5, 0.6) is 0 Å². The maximum absolute atomic E-state index is 5.49. The van der Waals surface area contributed by atoms with Crippen molar-refractivity contribution in [2.75, 3.05) is 25.3 Å². The van der Waals surface area contributed by atoms with Gasteiger partial charge in [-0.2, -0.15) is 5.10 Å². The third kappa shape index (κ3) is 3.94. The normalized spacial score (nSPS) is 12.1.